The van der Waals surface area contributed by atoms with Crippen LogP contribution in [0, 0.1) is 5.92 Å². The second-order valence-electron chi connectivity index (χ2n) is 10.7. The van der Waals surface area contributed by atoms with E-state index in [2.05, 4.69) is 34.3 Å². The number of aliphatic carboxylic acids is 1. The Kier molecular flexibility index (Phi) is 8.10. The third-order valence-corrected chi connectivity index (χ3v) is 7.63. The molecule has 3 aromatic carbocycles. The fourth-order valence-corrected chi connectivity index (χ4v) is 5.64. The van der Waals surface area contributed by atoms with Crippen LogP contribution in [0.3, 0.4) is 0 Å². The van der Waals surface area contributed by atoms with Crippen LogP contribution in [-0.4, -0.2) is 36.1 Å². The molecule has 1 heterocycles. The number of halogens is 3. The highest BCUT2D eigenvalue weighted by atomic mass is 19.4. The number of amides is 2. The first-order valence-electron chi connectivity index (χ1n) is 13.6. The van der Waals surface area contributed by atoms with Crippen LogP contribution in [-0.2, 0) is 4.79 Å². The lowest BCUT2D eigenvalue weighted by Gasteiger charge is -2.33. The number of hydrogen-bond donors (Lipinski definition) is 2. The molecule has 0 saturated heterocycles. The molecule has 2 amide bonds. The Morgan fingerprint density at radius 1 is 0.976 bits per heavy atom. The van der Waals surface area contributed by atoms with E-state index in [0.29, 0.717) is 29.6 Å². The first-order valence-corrected chi connectivity index (χ1v) is 13.6. The van der Waals surface area contributed by atoms with Crippen molar-refractivity contribution in [3.05, 3.63) is 72.3 Å². The zero-order valence-corrected chi connectivity index (χ0v) is 22.5. The van der Waals surface area contributed by atoms with E-state index in [9.17, 15) is 22.8 Å². The van der Waals surface area contributed by atoms with Crippen molar-refractivity contribution in [2.24, 2.45) is 5.92 Å². The predicted molar refractivity (Wildman–Crippen MR) is 148 cm³/mol. The van der Waals surface area contributed by atoms with Gasteiger partial charge in [0, 0.05) is 12.1 Å². The van der Waals surface area contributed by atoms with Gasteiger partial charge in [0.15, 0.2) is 0 Å². The van der Waals surface area contributed by atoms with E-state index in [1.165, 1.54) is 17.7 Å². The van der Waals surface area contributed by atoms with Gasteiger partial charge in [-0.1, -0.05) is 30.3 Å². The molecule has 1 unspecified atom stereocenters. The van der Waals surface area contributed by atoms with Gasteiger partial charge < -0.3 is 19.9 Å². The molecule has 3 aromatic rings. The number of nitrogens with one attached hydrogen (secondary N) is 1. The van der Waals surface area contributed by atoms with Crippen molar-refractivity contribution in [1.29, 1.82) is 0 Å². The average Bonchev–Trinajstić information content (AvgIpc) is 2.93. The largest absolute Gasteiger partial charge is 0.573 e. The molecule has 10 heteroatoms. The third-order valence-electron chi connectivity index (χ3n) is 7.63. The number of benzene rings is 3. The molecule has 1 aliphatic heterocycles. The van der Waals surface area contributed by atoms with Crippen LogP contribution in [0.25, 0.3) is 11.1 Å². The van der Waals surface area contributed by atoms with Gasteiger partial charge in [-0.2, -0.15) is 0 Å². The normalized spacial score (nSPS) is 20.5. The first kappa shape index (κ1) is 28.3. The van der Waals surface area contributed by atoms with Crippen LogP contribution >= 0.6 is 0 Å². The minimum atomic E-state index is -4.79. The molecule has 0 bridgehead atoms. The summed E-state index contributed by atoms with van der Waals surface area (Å²) in [4.78, 5) is 25.7. The molecule has 1 fully saturated rings. The highest BCUT2D eigenvalue weighted by molar-refractivity contribution is 6.03. The van der Waals surface area contributed by atoms with E-state index in [0.717, 1.165) is 48.9 Å². The maximum absolute atomic E-state index is 13.1. The molecule has 7 nitrogen and oxygen atoms in total. The number of hydrogen-bond acceptors (Lipinski definition) is 4. The van der Waals surface area contributed by atoms with Crippen molar-refractivity contribution in [3.63, 3.8) is 0 Å². The maximum atomic E-state index is 13.1. The number of carbonyl (C=O) groups excluding carboxylic acids is 1. The second-order valence-corrected chi connectivity index (χ2v) is 10.7. The summed E-state index contributed by atoms with van der Waals surface area (Å²) in [5, 5.41) is 11.8. The quantitative estimate of drug-likeness (QED) is 0.317. The summed E-state index contributed by atoms with van der Waals surface area (Å²) in [6.07, 6.45) is -0.968. The zero-order valence-electron chi connectivity index (χ0n) is 22.5. The molecule has 216 valence electrons. The molecule has 41 heavy (non-hydrogen) atoms. The number of ether oxygens (including phenoxy) is 2. The summed E-state index contributed by atoms with van der Waals surface area (Å²) in [6, 6.07) is 18.6. The molecule has 1 aliphatic carbocycles. The Labute approximate surface area is 235 Å². The SMILES string of the molecule is CC1CN(C(=O)Nc2ccc(OC(F)(F)F)cc2)c2ccc(-c3ccc(C4CCC(CC(=O)O)CC4)cc3)cc2O1. The van der Waals surface area contributed by atoms with Gasteiger partial charge in [0.2, 0.25) is 0 Å². The number of carboxylic acids is 1. The minimum Gasteiger partial charge on any atom is -0.487 e. The van der Waals surface area contributed by atoms with E-state index in [1.807, 2.05) is 25.1 Å². The Morgan fingerprint density at radius 3 is 2.27 bits per heavy atom. The Balaban J connectivity index is 1.26. The number of urea groups is 1. The second kappa shape index (κ2) is 11.7. The van der Waals surface area contributed by atoms with Gasteiger partial charge in [0.05, 0.1) is 12.2 Å². The molecule has 0 radical (unpaired) electrons. The molecule has 1 saturated carbocycles. The standard InChI is InChI=1S/C31H31F3N2O5/c1-19-18-36(30(39)35-25-11-13-26(14-12-25)41-31(32,33)34)27-15-10-24(17-28(27)40-19)23-8-6-22(7-9-23)21-4-2-20(3-5-21)16-29(37)38/h6-15,17,19-21H,2-5,16,18H2,1H3,(H,35,39)(H,37,38). The van der Waals surface area contributed by atoms with Crippen LogP contribution in [0.5, 0.6) is 11.5 Å². The van der Waals surface area contributed by atoms with Gasteiger partial charge in [-0.3, -0.25) is 9.69 Å². The van der Waals surface area contributed by atoms with E-state index < -0.39 is 18.4 Å². The molecular formula is C31H31F3N2O5. The number of alkyl halides is 3. The zero-order chi connectivity index (χ0) is 29.1. The number of carbonyl (C=O) groups is 2. The highest BCUT2D eigenvalue weighted by Gasteiger charge is 2.31. The smallest absolute Gasteiger partial charge is 0.487 e. The number of rotatable bonds is 6. The fourth-order valence-electron chi connectivity index (χ4n) is 5.64. The van der Waals surface area contributed by atoms with Crippen LogP contribution in [0.4, 0.5) is 29.3 Å². The average molecular weight is 569 g/mol. The summed E-state index contributed by atoms with van der Waals surface area (Å²) < 4.78 is 47.2. The maximum Gasteiger partial charge on any atom is 0.573 e. The van der Waals surface area contributed by atoms with Crippen LogP contribution < -0.4 is 19.7 Å². The van der Waals surface area contributed by atoms with Crippen molar-refractivity contribution in [1.82, 2.24) is 0 Å². The van der Waals surface area contributed by atoms with Gasteiger partial charge in [0.1, 0.15) is 17.6 Å². The molecule has 5 rings (SSSR count). The van der Waals surface area contributed by atoms with E-state index in [-0.39, 0.29) is 24.2 Å². The third kappa shape index (κ3) is 7.11. The summed E-state index contributed by atoms with van der Waals surface area (Å²) in [7, 11) is 0. The molecule has 1 atom stereocenters. The van der Waals surface area contributed by atoms with Gasteiger partial charge in [-0.25, -0.2) is 4.79 Å². The topological polar surface area (TPSA) is 88.1 Å². The van der Waals surface area contributed by atoms with Crippen molar-refractivity contribution in [3.8, 4) is 22.6 Å². The summed E-state index contributed by atoms with van der Waals surface area (Å²) in [5.41, 5.74) is 4.13. The Hall–Kier alpha value is -4.21. The Bertz CT molecular complexity index is 1380. The summed E-state index contributed by atoms with van der Waals surface area (Å²) >= 11 is 0. The van der Waals surface area contributed by atoms with Gasteiger partial charge in [-0.05, 0) is 97.5 Å². The molecular weight excluding hydrogens is 537 g/mol. The van der Waals surface area contributed by atoms with Crippen molar-refractivity contribution >= 4 is 23.4 Å². The van der Waals surface area contributed by atoms with E-state index >= 15 is 0 Å². The number of carboxylic acid groups (broad SMARTS) is 1. The minimum absolute atomic E-state index is 0.248. The lowest BCUT2D eigenvalue weighted by Crippen LogP contribution is -2.44. The van der Waals surface area contributed by atoms with Crippen LogP contribution in [0.2, 0.25) is 0 Å². The Morgan fingerprint density at radius 2 is 1.63 bits per heavy atom. The van der Waals surface area contributed by atoms with Crippen molar-refractivity contribution < 1.29 is 37.3 Å². The van der Waals surface area contributed by atoms with Crippen LogP contribution in [0.15, 0.2) is 66.7 Å². The monoisotopic (exact) mass is 568 g/mol. The van der Waals surface area contributed by atoms with Crippen LogP contribution in [0.1, 0.15) is 50.5 Å². The van der Waals surface area contributed by atoms with E-state index in [1.54, 1.807) is 4.90 Å². The van der Waals surface area contributed by atoms with E-state index in [4.69, 9.17) is 9.84 Å². The number of nitrogens with zero attached hydrogens (tertiary/aromatic N) is 1. The van der Waals surface area contributed by atoms with Crippen molar-refractivity contribution in [2.75, 3.05) is 16.8 Å². The van der Waals surface area contributed by atoms with Gasteiger partial charge >= 0.3 is 18.4 Å². The van der Waals surface area contributed by atoms with Gasteiger partial charge in [-0.15, -0.1) is 13.2 Å². The first-order chi connectivity index (χ1) is 19.5. The summed E-state index contributed by atoms with van der Waals surface area (Å²) in [6.45, 7) is 2.16. The van der Waals surface area contributed by atoms with Gasteiger partial charge in [0.25, 0.3) is 0 Å². The molecule has 0 aromatic heterocycles. The lowest BCUT2D eigenvalue weighted by atomic mass is 9.77. The fraction of sp³-hybridized carbons (Fsp3) is 0.355. The molecule has 0 spiro atoms. The lowest BCUT2D eigenvalue weighted by molar-refractivity contribution is -0.274. The predicted octanol–water partition coefficient (Wildman–Crippen LogP) is 7.82. The highest BCUT2D eigenvalue weighted by Crippen LogP contribution is 2.40. The molecule has 2 aliphatic rings. The summed E-state index contributed by atoms with van der Waals surface area (Å²) in [5.74, 6) is 0.164. The van der Waals surface area contributed by atoms with Crippen molar-refractivity contribution in [2.45, 2.75) is 57.4 Å². The number of fused-ring (bicyclic) bond motifs is 1. The molecule has 2 N–H and O–H groups in total. The number of anilines is 2.